The Morgan fingerprint density at radius 2 is 1.93 bits per heavy atom. The minimum Gasteiger partial charge on any atom is -0.387 e. The third-order valence-electron chi connectivity index (χ3n) is 2.45. The van der Waals surface area contributed by atoms with Gasteiger partial charge in [0.25, 0.3) is 0 Å². The van der Waals surface area contributed by atoms with E-state index in [0.717, 1.165) is 12.8 Å². The van der Waals surface area contributed by atoms with Crippen molar-refractivity contribution in [2.75, 3.05) is 19.7 Å². The molecule has 0 atom stereocenters. The van der Waals surface area contributed by atoms with E-state index in [1.807, 2.05) is 20.8 Å². The van der Waals surface area contributed by atoms with Gasteiger partial charge < -0.3 is 14.7 Å². The fourth-order valence-corrected chi connectivity index (χ4v) is 1.82. The molecule has 0 aromatic heterocycles. The average Bonchev–Trinajstić information content (AvgIpc) is 2.15. The van der Waals surface area contributed by atoms with Crippen molar-refractivity contribution in [3.8, 4) is 0 Å². The molecule has 1 saturated heterocycles. The van der Waals surface area contributed by atoms with Gasteiger partial charge in [0, 0.05) is 13.1 Å². The Balaban J connectivity index is 2.33. The number of nitrogens with zero attached hydrogens (tertiary/aromatic N) is 1. The smallest absolute Gasteiger partial charge is 0.248 e. The highest BCUT2D eigenvalue weighted by molar-refractivity contribution is 5.77. The fourth-order valence-electron chi connectivity index (χ4n) is 1.82. The van der Waals surface area contributed by atoms with E-state index in [9.17, 15) is 4.79 Å². The van der Waals surface area contributed by atoms with Crippen LogP contribution in [0.25, 0.3) is 0 Å². The number of rotatable bonds is 2. The van der Waals surface area contributed by atoms with Crippen molar-refractivity contribution in [2.45, 2.75) is 45.3 Å². The summed E-state index contributed by atoms with van der Waals surface area (Å²) in [4.78, 5) is 12.9. The summed E-state index contributed by atoms with van der Waals surface area (Å²) in [6.45, 7) is 7.12. The van der Waals surface area contributed by atoms with Gasteiger partial charge in [-0.2, -0.15) is 0 Å². The SMILES string of the molecule is CC(C)(C)OC1CCN(C(=O)CO)CC1. The van der Waals surface area contributed by atoms with Gasteiger partial charge in [0.2, 0.25) is 5.91 Å². The number of carbonyl (C=O) groups excluding carboxylic acids is 1. The molecule has 0 aliphatic carbocycles. The molecule has 4 heteroatoms. The molecule has 0 radical (unpaired) electrons. The lowest BCUT2D eigenvalue weighted by molar-refractivity contribution is -0.139. The van der Waals surface area contributed by atoms with Crippen molar-refractivity contribution in [2.24, 2.45) is 0 Å². The largest absolute Gasteiger partial charge is 0.387 e. The molecule has 15 heavy (non-hydrogen) atoms. The van der Waals surface area contributed by atoms with Crippen LogP contribution in [-0.2, 0) is 9.53 Å². The van der Waals surface area contributed by atoms with Crippen molar-refractivity contribution in [1.29, 1.82) is 0 Å². The maximum atomic E-state index is 11.2. The normalized spacial score (nSPS) is 19.3. The molecular formula is C11H21NO3. The van der Waals surface area contributed by atoms with Gasteiger partial charge in [-0.15, -0.1) is 0 Å². The Hall–Kier alpha value is -0.610. The Morgan fingerprint density at radius 1 is 1.40 bits per heavy atom. The van der Waals surface area contributed by atoms with E-state index in [-0.39, 0.29) is 24.2 Å². The second-order valence-electron chi connectivity index (χ2n) is 4.97. The van der Waals surface area contributed by atoms with E-state index in [4.69, 9.17) is 9.84 Å². The Morgan fingerprint density at radius 3 is 2.33 bits per heavy atom. The summed E-state index contributed by atoms with van der Waals surface area (Å²) in [6, 6.07) is 0. The van der Waals surface area contributed by atoms with E-state index in [2.05, 4.69) is 0 Å². The van der Waals surface area contributed by atoms with Gasteiger partial charge in [0.1, 0.15) is 6.61 Å². The first-order valence-corrected chi connectivity index (χ1v) is 5.49. The molecule has 0 aromatic rings. The molecule has 1 fully saturated rings. The van der Waals surface area contributed by atoms with Gasteiger partial charge in [0.05, 0.1) is 11.7 Å². The summed E-state index contributed by atoms with van der Waals surface area (Å²) in [5.74, 6) is -0.177. The molecule has 0 spiro atoms. The molecule has 0 unspecified atom stereocenters. The predicted molar refractivity (Wildman–Crippen MR) is 57.5 cm³/mol. The molecule has 88 valence electrons. The number of carbonyl (C=O) groups is 1. The molecule has 0 saturated carbocycles. The van der Waals surface area contributed by atoms with E-state index in [0.29, 0.717) is 13.1 Å². The van der Waals surface area contributed by atoms with Crippen LogP contribution >= 0.6 is 0 Å². The fraction of sp³-hybridized carbons (Fsp3) is 0.909. The maximum Gasteiger partial charge on any atom is 0.248 e. The van der Waals surface area contributed by atoms with E-state index >= 15 is 0 Å². The second kappa shape index (κ2) is 4.94. The van der Waals surface area contributed by atoms with Crippen molar-refractivity contribution in [1.82, 2.24) is 4.90 Å². The van der Waals surface area contributed by atoms with Gasteiger partial charge >= 0.3 is 0 Å². The van der Waals surface area contributed by atoms with Crippen LogP contribution in [0.5, 0.6) is 0 Å². The first-order chi connectivity index (χ1) is 6.92. The number of likely N-dealkylation sites (tertiary alicyclic amines) is 1. The number of aliphatic hydroxyl groups excluding tert-OH is 1. The van der Waals surface area contributed by atoms with Crippen LogP contribution in [-0.4, -0.2) is 47.3 Å². The first kappa shape index (κ1) is 12.5. The topological polar surface area (TPSA) is 49.8 Å². The molecule has 1 amide bonds. The van der Waals surface area contributed by atoms with E-state index < -0.39 is 0 Å². The summed E-state index contributed by atoms with van der Waals surface area (Å²) in [5, 5.41) is 8.72. The van der Waals surface area contributed by atoms with Crippen LogP contribution in [0.3, 0.4) is 0 Å². The molecule has 1 N–H and O–H groups in total. The molecule has 4 nitrogen and oxygen atoms in total. The highest BCUT2D eigenvalue weighted by Gasteiger charge is 2.25. The standard InChI is InChI=1S/C11H21NO3/c1-11(2,3)15-9-4-6-12(7-5-9)10(14)8-13/h9,13H,4-8H2,1-3H3. The molecule has 1 aliphatic rings. The molecule has 1 rings (SSSR count). The number of hydrogen-bond acceptors (Lipinski definition) is 3. The van der Waals surface area contributed by atoms with Crippen molar-refractivity contribution >= 4 is 5.91 Å². The minimum absolute atomic E-state index is 0.117. The van der Waals surface area contributed by atoms with Gasteiger partial charge in [-0.25, -0.2) is 0 Å². The number of piperidine rings is 1. The molecule has 0 aromatic carbocycles. The number of amides is 1. The van der Waals surface area contributed by atoms with Crippen molar-refractivity contribution in [3.05, 3.63) is 0 Å². The van der Waals surface area contributed by atoms with E-state index in [1.165, 1.54) is 0 Å². The molecule has 1 heterocycles. The zero-order valence-corrected chi connectivity index (χ0v) is 9.82. The number of aliphatic hydroxyl groups is 1. The summed E-state index contributed by atoms with van der Waals surface area (Å²) in [7, 11) is 0. The summed E-state index contributed by atoms with van der Waals surface area (Å²) >= 11 is 0. The lowest BCUT2D eigenvalue weighted by Gasteiger charge is -2.35. The third kappa shape index (κ3) is 4.18. The lowest BCUT2D eigenvalue weighted by atomic mass is 10.1. The van der Waals surface area contributed by atoms with Crippen LogP contribution in [0.4, 0.5) is 0 Å². The summed E-state index contributed by atoms with van der Waals surface area (Å²) in [5.41, 5.74) is -0.117. The van der Waals surface area contributed by atoms with Crippen LogP contribution in [0.1, 0.15) is 33.6 Å². The molecule has 1 aliphatic heterocycles. The second-order valence-corrected chi connectivity index (χ2v) is 4.97. The quantitative estimate of drug-likeness (QED) is 0.740. The van der Waals surface area contributed by atoms with Gasteiger partial charge in [-0.3, -0.25) is 4.79 Å². The lowest BCUT2D eigenvalue weighted by Crippen LogP contribution is -2.43. The molecule has 0 bridgehead atoms. The average molecular weight is 215 g/mol. The summed E-state index contributed by atoms with van der Waals surface area (Å²) < 4.78 is 5.84. The minimum atomic E-state index is -0.384. The highest BCUT2D eigenvalue weighted by atomic mass is 16.5. The Bertz CT molecular complexity index is 214. The predicted octanol–water partition coefficient (Wildman–Crippen LogP) is 0.785. The van der Waals surface area contributed by atoms with Crippen LogP contribution in [0.15, 0.2) is 0 Å². The Labute approximate surface area is 91.2 Å². The van der Waals surface area contributed by atoms with Crippen LogP contribution < -0.4 is 0 Å². The maximum absolute atomic E-state index is 11.2. The van der Waals surface area contributed by atoms with Gasteiger partial charge in [-0.1, -0.05) is 0 Å². The third-order valence-corrected chi connectivity index (χ3v) is 2.45. The van der Waals surface area contributed by atoms with Crippen molar-refractivity contribution in [3.63, 3.8) is 0 Å². The first-order valence-electron chi connectivity index (χ1n) is 5.49. The molecular weight excluding hydrogens is 194 g/mol. The monoisotopic (exact) mass is 215 g/mol. The van der Waals surface area contributed by atoms with Crippen molar-refractivity contribution < 1.29 is 14.6 Å². The highest BCUT2D eigenvalue weighted by Crippen LogP contribution is 2.19. The van der Waals surface area contributed by atoms with E-state index in [1.54, 1.807) is 4.90 Å². The zero-order chi connectivity index (χ0) is 11.5. The van der Waals surface area contributed by atoms with Gasteiger partial charge in [0.15, 0.2) is 0 Å². The number of ether oxygens (including phenoxy) is 1. The Kier molecular flexibility index (Phi) is 4.11. The zero-order valence-electron chi connectivity index (χ0n) is 9.82. The van der Waals surface area contributed by atoms with Crippen LogP contribution in [0, 0.1) is 0 Å². The van der Waals surface area contributed by atoms with Crippen LogP contribution in [0.2, 0.25) is 0 Å². The number of hydrogen-bond donors (Lipinski definition) is 1. The van der Waals surface area contributed by atoms with Gasteiger partial charge in [-0.05, 0) is 33.6 Å². The summed E-state index contributed by atoms with van der Waals surface area (Å²) in [6.07, 6.45) is 1.97.